The second-order valence-electron chi connectivity index (χ2n) is 16.1. The third kappa shape index (κ3) is 8.29. The predicted molar refractivity (Wildman–Crippen MR) is 202 cm³/mol. The van der Waals surface area contributed by atoms with Gasteiger partial charge in [-0.15, -0.1) is 0 Å². The summed E-state index contributed by atoms with van der Waals surface area (Å²) in [5.74, 6) is -2.68. The van der Waals surface area contributed by atoms with Gasteiger partial charge in [0.2, 0.25) is 19.2 Å². The lowest BCUT2D eigenvalue weighted by molar-refractivity contribution is -0.139. The van der Waals surface area contributed by atoms with Crippen molar-refractivity contribution in [3.05, 3.63) is 65.0 Å². The van der Waals surface area contributed by atoms with Crippen LogP contribution in [-0.4, -0.2) is 73.5 Å². The van der Waals surface area contributed by atoms with Crippen LogP contribution in [-0.2, 0) is 25.1 Å². The molecule has 0 radical (unpaired) electrons. The van der Waals surface area contributed by atoms with Gasteiger partial charge >= 0.3 is 6.09 Å². The summed E-state index contributed by atoms with van der Waals surface area (Å²) in [4.78, 5) is 64.4. The molecule has 2 aliphatic carbocycles. The van der Waals surface area contributed by atoms with E-state index >= 15 is 0 Å². The Bertz CT molecular complexity index is 1970. The summed E-state index contributed by atoms with van der Waals surface area (Å²) >= 11 is 0. The van der Waals surface area contributed by atoms with Crippen LogP contribution in [0.5, 0.6) is 5.88 Å². The van der Waals surface area contributed by atoms with Gasteiger partial charge in [0.15, 0.2) is 5.78 Å². The van der Waals surface area contributed by atoms with Gasteiger partial charge in [-0.25, -0.2) is 23.5 Å². The molecule has 2 amide bonds. The number of carbonyl (C=O) groups excluding carboxylic acids is 3. The van der Waals surface area contributed by atoms with E-state index in [1.807, 2.05) is 26.0 Å². The standard InChI is InChI=1S/C41H51F2N4O7P/c1-25-17-18-30-37(26(25)2)44-24-45-38(30)53-29-19-35-36(48)21-41(55(51,52)23-31-32(42)14-10-15-33(31)43)20-27(41)11-6-4-3-5-7-16-34(39(49)47(35)22-29)46-40(50)54-28-12-8-9-13-28/h10,14-15,17-18,24,27-29,34-35H,3-9,11-13,16,19-23H2,1-2H3,(H,46,50)(H,51,52)/t27-,29?,34-,35-,41+/m0/s1. The van der Waals surface area contributed by atoms with Crippen molar-refractivity contribution in [1.82, 2.24) is 20.2 Å². The van der Waals surface area contributed by atoms with Crippen molar-refractivity contribution in [2.24, 2.45) is 5.92 Å². The number of halogens is 2. The van der Waals surface area contributed by atoms with E-state index in [0.29, 0.717) is 30.5 Å². The molecule has 2 aliphatic heterocycles. The number of fused-ring (bicyclic) bond motifs is 3. The van der Waals surface area contributed by atoms with Crippen LogP contribution >= 0.6 is 7.37 Å². The summed E-state index contributed by atoms with van der Waals surface area (Å²) in [6.45, 7) is 3.96. The minimum Gasteiger partial charge on any atom is -0.472 e. The number of hydrogen-bond acceptors (Lipinski definition) is 8. The molecule has 2 saturated heterocycles. The average molecular weight is 781 g/mol. The third-order valence-electron chi connectivity index (χ3n) is 12.5. The zero-order valence-electron chi connectivity index (χ0n) is 31.6. The Balaban J connectivity index is 1.20. The molecule has 0 spiro atoms. The highest BCUT2D eigenvalue weighted by Gasteiger charge is 2.66. The van der Waals surface area contributed by atoms with Crippen LogP contribution in [0.1, 0.15) is 107 Å². The highest BCUT2D eigenvalue weighted by Crippen LogP contribution is 2.75. The second-order valence-corrected chi connectivity index (χ2v) is 18.7. The van der Waals surface area contributed by atoms with E-state index < -0.39 is 71.9 Å². The predicted octanol–water partition coefficient (Wildman–Crippen LogP) is 7.84. The minimum absolute atomic E-state index is 0.00901. The molecule has 55 heavy (non-hydrogen) atoms. The third-order valence-corrected chi connectivity index (χ3v) is 15.4. The van der Waals surface area contributed by atoms with E-state index in [1.54, 1.807) is 0 Å². The Hall–Kier alpha value is -3.96. The molecule has 11 nitrogen and oxygen atoms in total. The first-order valence-corrected chi connectivity index (χ1v) is 21.6. The van der Waals surface area contributed by atoms with Crippen molar-refractivity contribution in [1.29, 1.82) is 0 Å². The van der Waals surface area contributed by atoms with E-state index in [0.717, 1.165) is 80.1 Å². The number of benzene rings is 2. The number of ether oxygens (including phenoxy) is 2. The van der Waals surface area contributed by atoms with Crippen LogP contribution < -0.4 is 10.1 Å². The van der Waals surface area contributed by atoms with Crippen LogP contribution in [0.15, 0.2) is 36.7 Å². The molecule has 3 heterocycles. The number of amides is 2. The summed E-state index contributed by atoms with van der Waals surface area (Å²) in [5.41, 5.74) is 2.28. The molecular formula is C41H51F2N4O7P. The Kier molecular flexibility index (Phi) is 11.6. The summed E-state index contributed by atoms with van der Waals surface area (Å²) in [6, 6.07) is 5.14. The number of alkyl carbamates (subject to hydrolysis) is 1. The van der Waals surface area contributed by atoms with Gasteiger partial charge in [-0.05, 0) is 94.0 Å². The molecule has 2 aromatic carbocycles. The molecular weight excluding hydrogens is 729 g/mol. The first-order valence-electron chi connectivity index (χ1n) is 19.8. The lowest BCUT2D eigenvalue weighted by Crippen LogP contribution is -2.52. The number of carbonyl (C=O) groups is 3. The Labute approximate surface area is 320 Å². The molecule has 2 N–H and O–H groups in total. The molecule has 7 rings (SSSR count). The summed E-state index contributed by atoms with van der Waals surface area (Å²) in [5, 5.41) is 2.12. The molecule has 14 heteroatoms. The Morgan fingerprint density at radius 3 is 2.40 bits per heavy atom. The molecule has 4 fully saturated rings. The van der Waals surface area contributed by atoms with Gasteiger partial charge in [-0.3, -0.25) is 14.2 Å². The minimum atomic E-state index is -4.38. The van der Waals surface area contributed by atoms with Crippen molar-refractivity contribution in [2.45, 2.75) is 139 Å². The van der Waals surface area contributed by atoms with Crippen LogP contribution in [0.4, 0.5) is 13.6 Å². The van der Waals surface area contributed by atoms with E-state index in [9.17, 15) is 32.6 Å². The normalized spacial score (nSPS) is 27.8. The van der Waals surface area contributed by atoms with Crippen molar-refractivity contribution in [2.75, 3.05) is 6.54 Å². The number of rotatable bonds is 7. The van der Waals surface area contributed by atoms with Gasteiger partial charge in [-0.1, -0.05) is 44.2 Å². The molecule has 2 unspecified atom stereocenters. The van der Waals surface area contributed by atoms with E-state index in [4.69, 9.17) is 9.47 Å². The first-order chi connectivity index (χ1) is 26.4. The van der Waals surface area contributed by atoms with Gasteiger partial charge in [0.25, 0.3) is 0 Å². The summed E-state index contributed by atoms with van der Waals surface area (Å²) in [6.07, 6.45) is 7.51. The van der Waals surface area contributed by atoms with Crippen molar-refractivity contribution in [3.63, 3.8) is 0 Å². The number of aryl methyl sites for hydroxylation is 2. The number of nitrogens with one attached hydrogen (secondary N) is 1. The molecule has 4 aliphatic rings. The number of ketones is 1. The molecule has 1 aromatic heterocycles. The van der Waals surface area contributed by atoms with Gasteiger partial charge in [0, 0.05) is 18.4 Å². The largest absolute Gasteiger partial charge is 0.472 e. The van der Waals surface area contributed by atoms with Crippen molar-refractivity contribution in [3.8, 4) is 5.88 Å². The number of hydrogen-bond donors (Lipinski definition) is 2. The van der Waals surface area contributed by atoms with Crippen LogP contribution in [0.3, 0.4) is 0 Å². The second kappa shape index (κ2) is 16.3. The zero-order valence-corrected chi connectivity index (χ0v) is 32.5. The maximum Gasteiger partial charge on any atom is 0.408 e. The highest BCUT2D eigenvalue weighted by atomic mass is 31.2. The molecule has 2 saturated carbocycles. The Morgan fingerprint density at radius 1 is 0.964 bits per heavy atom. The topological polar surface area (TPSA) is 148 Å². The summed E-state index contributed by atoms with van der Waals surface area (Å²) in [7, 11) is -4.38. The molecule has 296 valence electrons. The SMILES string of the molecule is Cc1ccc2c(OC3C[C@H]4C(=O)C[C@]5(P(=O)(O)Cc6c(F)cccc6F)C[C@@H]5CCCCCCC[C@H](NC(=O)OC5CCCC5)C(=O)N4C3)ncnc2c1C. The quantitative estimate of drug-likeness (QED) is 0.229. The molecule has 3 aromatic rings. The van der Waals surface area contributed by atoms with E-state index in [2.05, 4.69) is 15.3 Å². The van der Waals surface area contributed by atoms with Crippen LogP contribution in [0.2, 0.25) is 0 Å². The lowest BCUT2D eigenvalue weighted by atomic mass is 10.0. The average Bonchev–Trinajstić information content (AvgIpc) is 3.42. The van der Waals surface area contributed by atoms with Gasteiger partial charge in [0.05, 0.1) is 34.8 Å². The maximum atomic E-state index is 14.8. The van der Waals surface area contributed by atoms with E-state index in [-0.39, 0.29) is 37.8 Å². The molecule has 6 atom stereocenters. The number of aromatic nitrogens is 2. The van der Waals surface area contributed by atoms with Gasteiger partial charge in [-0.2, -0.15) is 0 Å². The summed E-state index contributed by atoms with van der Waals surface area (Å²) < 4.78 is 56.2. The Morgan fingerprint density at radius 2 is 1.65 bits per heavy atom. The van der Waals surface area contributed by atoms with Crippen molar-refractivity contribution >= 4 is 36.1 Å². The number of Topliss-reactive ketones (excluding diaryl/α,β-unsaturated/α-hetero) is 1. The lowest BCUT2D eigenvalue weighted by Gasteiger charge is -2.30. The first kappa shape index (κ1) is 39.3. The maximum absolute atomic E-state index is 14.8. The van der Waals surface area contributed by atoms with Gasteiger partial charge in [0.1, 0.15) is 36.2 Å². The number of nitrogens with zero attached hydrogens (tertiary/aromatic N) is 3. The fourth-order valence-electron chi connectivity index (χ4n) is 9.07. The zero-order chi connectivity index (χ0) is 38.9. The van der Waals surface area contributed by atoms with Crippen LogP contribution in [0.25, 0.3) is 10.9 Å². The van der Waals surface area contributed by atoms with Gasteiger partial charge < -0.3 is 24.6 Å². The molecule has 0 bridgehead atoms. The fraction of sp³-hybridized carbons (Fsp3) is 0.585. The smallest absolute Gasteiger partial charge is 0.408 e. The van der Waals surface area contributed by atoms with Crippen molar-refractivity contribution < 1.29 is 42.1 Å². The fourth-order valence-corrected chi connectivity index (χ4v) is 11.7. The monoisotopic (exact) mass is 780 g/mol. The highest BCUT2D eigenvalue weighted by molar-refractivity contribution is 7.59. The van der Waals surface area contributed by atoms with Crippen LogP contribution in [0, 0.1) is 31.4 Å². The van der Waals surface area contributed by atoms with E-state index in [1.165, 1.54) is 17.3 Å².